The highest BCUT2D eigenvalue weighted by molar-refractivity contribution is 7.86. The Hall–Kier alpha value is -3.63. The Bertz CT molecular complexity index is 1560. The Labute approximate surface area is 280 Å². The molecule has 3 aromatic rings. The number of unbranched alkanes of at least 4 members (excludes halogenated alkanes) is 15. The van der Waals surface area contributed by atoms with Crippen LogP contribution in [0.25, 0.3) is 10.8 Å². The molecule has 47 heavy (non-hydrogen) atoms. The molecule has 10 heteroatoms. The number of carbonyl (C=O) groups excluding carboxylic acids is 2. The van der Waals surface area contributed by atoms with Crippen LogP contribution in [0.1, 0.15) is 126 Å². The van der Waals surface area contributed by atoms with Crippen LogP contribution in [0.2, 0.25) is 0 Å². The molecule has 0 radical (unpaired) electrons. The first-order valence-corrected chi connectivity index (χ1v) is 18.6. The zero-order valence-corrected chi connectivity index (χ0v) is 28.8. The summed E-state index contributed by atoms with van der Waals surface area (Å²) >= 11 is 0. The lowest BCUT2D eigenvalue weighted by Crippen LogP contribution is -2.15. The number of methoxy groups -OCH3 is 1. The number of nitrogens with one attached hydrogen (secondary N) is 2. The molecule has 0 bridgehead atoms. The maximum Gasteiger partial charge on any atom is 0.295 e. The lowest BCUT2D eigenvalue weighted by molar-refractivity contribution is -0.116. The molecule has 0 aliphatic carbocycles. The molecule has 0 aromatic heterocycles. The highest BCUT2D eigenvalue weighted by Crippen LogP contribution is 2.35. The van der Waals surface area contributed by atoms with Crippen molar-refractivity contribution >= 4 is 44.1 Å². The lowest BCUT2D eigenvalue weighted by Gasteiger charge is -2.15. The average molecular weight is 669 g/mol. The number of rotatable bonds is 22. The summed E-state index contributed by atoms with van der Waals surface area (Å²) in [7, 11) is -3.27. The Kier molecular flexibility index (Phi) is 16.0. The average Bonchev–Trinajstić information content (AvgIpc) is 3.04. The molecule has 0 unspecified atom stereocenters. The first-order valence-electron chi connectivity index (χ1n) is 17.2. The van der Waals surface area contributed by atoms with Crippen LogP contribution in [0, 0.1) is 0 Å². The monoisotopic (exact) mass is 668 g/mol. The van der Waals surface area contributed by atoms with Crippen molar-refractivity contribution in [3.8, 4) is 11.5 Å². The van der Waals surface area contributed by atoms with Crippen LogP contribution in [0.5, 0.6) is 11.5 Å². The van der Waals surface area contributed by atoms with Gasteiger partial charge in [0.15, 0.2) is 0 Å². The van der Waals surface area contributed by atoms with Gasteiger partial charge in [0.2, 0.25) is 5.91 Å². The number of hydrogen-bond donors (Lipinski definition) is 4. The fraction of sp³-hybridized carbons (Fsp3) is 0.514. The van der Waals surface area contributed by atoms with Crippen LogP contribution >= 0.6 is 0 Å². The van der Waals surface area contributed by atoms with Crippen molar-refractivity contribution < 1.29 is 32.4 Å². The molecule has 3 aromatic carbocycles. The normalized spacial score (nSPS) is 11.5. The summed E-state index contributed by atoms with van der Waals surface area (Å²) in [5.74, 6) is -1.10. The minimum Gasteiger partial charge on any atom is -0.506 e. The Morgan fingerprint density at radius 1 is 0.723 bits per heavy atom. The van der Waals surface area contributed by atoms with Crippen LogP contribution in [0.4, 0.5) is 11.4 Å². The smallest absolute Gasteiger partial charge is 0.295 e. The van der Waals surface area contributed by atoms with Crippen LogP contribution in [0.3, 0.4) is 0 Å². The summed E-state index contributed by atoms with van der Waals surface area (Å²) in [6.45, 7) is 2.26. The quantitative estimate of drug-likeness (QED) is 0.0617. The highest BCUT2D eigenvalue weighted by atomic mass is 32.2. The summed E-state index contributed by atoms with van der Waals surface area (Å²) in [4.78, 5) is 25.4. The third-order valence-electron chi connectivity index (χ3n) is 8.49. The Morgan fingerprint density at radius 2 is 1.26 bits per heavy atom. The van der Waals surface area contributed by atoms with Gasteiger partial charge in [-0.2, -0.15) is 8.42 Å². The van der Waals surface area contributed by atoms with Crippen LogP contribution in [0.15, 0.2) is 53.4 Å². The fourth-order valence-corrected chi connectivity index (χ4v) is 6.57. The van der Waals surface area contributed by atoms with Crippen LogP contribution < -0.4 is 15.4 Å². The van der Waals surface area contributed by atoms with Gasteiger partial charge in [-0.3, -0.25) is 14.1 Å². The van der Waals surface area contributed by atoms with Gasteiger partial charge < -0.3 is 20.5 Å². The molecule has 0 saturated carbocycles. The number of amides is 2. The first kappa shape index (κ1) is 37.8. The summed E-state index contributed by atoms with van der Waals surface area (Å²) in [6, 6.07) is 11.7. The van der Waals surface area contributed by atoms with Crippen molar-refractivity contribution in [3.05, 3.63) is 54.1 Å². The molecular formula is C37H52N2O7S. The van der Waals surface area contributed by atoms with Gasteiger partial charge in [0.1, 0.15) is 16.4 Å². The van der Waals surface area contributed by atoms with E-state index in [1.807, 2.05) is 0 Å². The number of hydrogen-bond acceptors (Lipinski definition) is 6. The zero-order valence-electron chi connectivity index (χ0n) is 28.0. The van der Waals surface area contributed by atoms with Gasteiger partial charge in [0.25, 0.3) is 16.0 Å². The third kappa shape index (κ3) is 12.5. The molecule has 258 valence electrons. The number of phenols is 1. The number of anilines is 2. The topological polar surface area (TPSA) is 142 Å². The van der Waals surface area contributed by atoms with Gasteiger partial charge in [0.05, 0.1) is 18.4 Å². The van der Waals surface area contributed by atoms with E-state index in [4.69, 9.17) is 4.74 Å². The van der Waals surface area contributed by atoms with Crippen molar-refractivity contribution in [3.63, 3.8) is 0 Å². The second kappa shape index (κ2) is 19.9. The number of ether oxygens (including phenoxy) is 1. The third-order valence-corrected chi connectivity index (χ3v) is 9.38. The molecule has 3 rings (SSSR count). The molecule has 0 aliphatic heterocycles. The largest absolute Gasteiger partial charge is 0.506 e. The molecule has 0 heterocycles. The summed E-state index contributed by atoms with van der Waals surface area (Å²) < 4.78 is 39.2. The molecule has 0 saturated heterocycles. The van der Waals surface area contributed by atoms with E-state index in [9.17, 15) is 27.7 Å². The minimum absolute atomic E-state index is 0.0793. The summed E-state index contributed by atoms with van der Waals surface area (Å²) in [5.41, 5.74) is 0.305. The summed E-state index contributed by atoms with van der Waals surface area (Å²) in [5, 5.41) is 16.5. The molecule has 0 spiro atoms. The van der Waals surface area contributed by atoms with Crippen LogP contribution in [-0.2, 0) is 14.9 Å². The van der Waals surface area contributed by atoms with Crippen LogP contribution in [-0.4, -0.2) is 37.0 Å². The van der Waals surface area contributed by atoms with E-state index >= 15 is 0 Å². The van der Waals surface area contributed by atoms with Gasteiger partial charge in [-0.25, -0.2) is 0 Å². The molecule has 0 aliphatic rings. The molecular weight excluding hydrogens is 616 g/mol. The zero-order chi connectivity index (χ0) is 34.1. The molecule has 0 fully saturated rings. The van der Waals surface area contributed by atoms with E-state index in [0.29, 0.717) is 17.9 Å². The van der Waals surface area contributed by atoms with E-state index in [1.165, 1.54) is 109 Å². The predicted molar refractivity (Wildman–Crippen MR) is 189 cm³/mol. The Balaban J connectivity index is 1.42. The van der Waals surface area contributed by atoms with E-state index in [0.717, 1.165) is 25.3 Å². The van der Waals surface area contributed by atoms with Gasteiger partial charge in [-0.1, -0.05) is 128 Å². The summed E-state index contributed by atoms with van der Waals surface area (Å²) in [6.07, 6.45) is 20.6. The van der Waals surface area contributed by atoms with E-state index in [1.54, 1.807) is 24.3 Å². The van der Waals surface area contributed by atoms with Gasteiger partial charge in [-0.15, -0.1) is 0 Å². The second-order valence-electron chi connectivity index (χ2n) is 12.3. The van der Waals surface area contributed by atoms with Gasteiger partial charge in [0, 0.05) is 22.9 Å². The van der Waals surface area contributed by atoms with E-state index in [2.05, 4.69) is 17.6 Å². The maximum absolute atomic E-state index is 13.2. The van der Waals surface area contributed by atoms with E-state index in [-0.39, 0.29) is 27.9 Å². The number of benzene rings is 3. The Morgan fingerprint density at radius 3 is 1.79 bits per heavy atom. The van der Waals surface area contributed by atoms with Crippen molar-refractivity contribution in [2.24, 2.45) is 0 Å². The SMILES string of the molecule is CCCCCCCCCCCCCCCCCCC(=O)Nc1ccc(OC)c(NC(=O)c2cc(S(=O)(=O)O)c3ccccc3c2O)c1. The molecule has 9 nitrogen and oxygen atoms in total. The number of phenolic OH excluding ortho intramolecular Hbond substituents is 1. The maximum atomic E-state index is 13.2. The number of aromatic hydroxyl groups is 1. The highest BCUT2D eigenvalue weighted by Gasteiger charge is 2.23. The predicted octanol–water partition coefficient (Wildman–Crippen LogP) is 9.64. The van der Waals surface area contributed by atoms with Crippen molar-refractivity contribution in [2.75, 3.05) is 17.7 Å². The van der Waals surface area contributed by atoms with Crippen molar-refractivity contribution in [1.29, 1.82) is 0 Å². The van der Waals surface area contributed by atoms with Gasteiger partial charge in [-0.05, 0) is 30.7 Å². The molecule has 0 atom stereocenters. The van der Waals surface area contributed by atoms with Gasteiger partial charge >= 0.3 is 0 Å². The lowest BCUT2D eigenvalue weighted by atomic mass is 10.0. The minimum atomic E-state index is -4.70. The van der Waals surface area contributed by atoms with Crippen molar-refractivity contribution in [1.82, 2.24) is 0 Å². The second-order valence-corrected chi connectivity index (χ2v) is 13.7. The van der Waals surface area contributed by atoms with Crippen molar-refractivity contribution in [2.45, 2.75) is 121 Å². The molecule has 4 N–H and O–H groups in total. The standard InChI is InChI=1S/C37H52N2O7S/c1-3-4-5-6-7-8-9-10-11-12-13-14-15-16-17-18-23-35(40)38-28-24-25-33(46-2)32(26-28)39-37(42)31-27-34(47(43,44)45)29-21-19-20-22-30(29)36(31)41/h19-22,24-27,41H,3-18,23H2,1-2H3,(H,38,40)(H,39,42)(H,43,44,45). The molecule has 2 amide bonds. The fourth-order valence-electron chi connectivity index (χ4n) is 5.84. The first-order chi connectivity index (χ1) is 22.7. The van der Waals surface area contributed by atoms with E-state index < -0.39 is 26.7 Å². The number of carbonyl (C=O) groups is 2. The number of fused-ring (bicyclic) bond motifs is 1.